The minimum Gasteiger partial charge on any atom is -0.351 e. The van der Waals surface area contributed by atoms with Crippen molar-refractivity contribution >= 4 is 22.8 Å². The van der Waals surface area contributed by atoms with Crippen LogP contribution in [0.1, 0.15) is 90.3 Å². The molecular formula is C36H42FN7O2. The topological polar surface area (TPSA) is 96.2 Å². The van der Waals surface area contributed by atoms with Crippen LogP contribution in [0.3, 0.4) is 0 Å². The Morgan fingerprint density at radius 3 is 2.39 bits per heavy atom. The maximum absolute atomic E-state index is 14.6. The molecule has 3 fully saturated rings. The molecule has 2 amide bonds. The highest BCUT2D eigenvalue weighted by Gasteiger charge is 2.44. The van der Waals surface area contributed by atoms with E-state index in [1.165, 1.54) is 36.8 Å². The van der Waals surface area contributed by atoms with Gasteiger partial charge in [-0.25, -0.2) is 19.3 Å². The van der Waals surface area contributed by atoms with Gasteiger partial charge in [0.25, 0.3) is 11.8 Å². The van der Waals surface area contributed by atoms with E-state index < -0.39 is 5.91 Å². The summed E-state index contributed by atoms with van der Waals surface area (Å²) in [5.41, 5.74) is 3.17. The third-order valence-electron chi connectivity index (χ3n) is 10.7. The van der Waals surface area contributed by atoms with Crippen molar-refractivity contribution in [1.29, 1.82) is 0 Å². The van der Waals surface area contributed by atoms with Crippen LogP contribution in [0, 0.1) is 12.7 Å². The number of nitrogens with zero attached hydrogens (tertiary/aromatic N) is 6. The smallest absolute Gasteiger partial charge is 0.274 e. The van der Waals surface area contributed by atoms with Crippen LogP contribution < -0.4 is 5.32 Å². The average Bonchev–Trinajstić information content (AvgIpc) is 3.53. The summed E-state index contributed by atoms with van der Waals surface area (Å²) in [6.07, 6.45) is 9.83. The Labute approximate surface area is 269 Å². The SMILES string of the molecule is CCNC(=O)c1nccnc1C(=O)N1CCC(CCN2[C@@H]3CC[C@H]2CC(n2c(C)nc4ccccc42)C3)(c2cccc(F)c2)CC1. The Balaban J connectivity index is 1.08. The van der Waals surface area contributed by atoms with Crippen molar-refractivity contribution < 1.29 is 14.0 Å². The van der Waals surface area contributed by atoms with Crippen molar-refractivity contribution in [2.24, 2.45) is 0 Å². The summed E-state index contributed by atoms with van der Waals surface area (Å²) in [5.74, 6) is 0.167. The maximum Gasteiger partial charge on any atom is 0.274 e. The molecule has 4 aromatic rings. The number of aryl methyl sites for hydroxylation is 1. The predicted octanol–water partition coefficient (Wildman–Crippen LogP) is 5.46. The third-order valence-corrected chi connectivity index (χ3v) is 10.7. The molecule has 46 heavy (non-hydrogen) atoms. The first-order valence-corrected chi connectivity index (χ1v) is 16.7. The Morgan fingerprint density at radius 2 is 1.67 bits per heavy atom. The number of carbonyl (C=O) groups is 2. The Hall–Kier alpha value is -4.18. The van der Waals surface area contributed by atoms with E-state index in [9.17, 15) is 14.0 Å². The Kier molecular flexibility index (Phi) is 8.31. The number of carbonyl (C=O) groups excluding carboxylic acids is 2. The summed E-state index contributed by atoms with van der Waals surface area (Å²) in [6, 6.07) is 16.9. The van der Waals surface area contributed by atoms with E-state index in [4.69, 9.17) is 4.98 Å². The van der Waals surface area contributed by atoms with E-state index in [0.29, 0.717) is 50.6 Å². The van der Waals surface area contributed by atoms with E-state index in [2.05, 4.69) is 55.9 Å². The summed E-state index contributed by atoms with van der Waals surface area (Å²) < 4.78 is 17.1. The average molecular weight is 624 g/mol. The lowest BCUT2D eigenvalue weighted by Gasteiger charge is -2.45. The van der Waals surface area contributed by atoms with E-state index in [0.717, 1.165) is 42.7 Å². The number of amides is 2. The summed E-state index contributed by atoms with van der Waals surface area (Å²) in [7, 11) is 0. The van der Waals surface area contributed by atoms with Crippen molar-refractivity contribution in [2.45, 2.75) is 82.3 Å². The largest absolute Gasteiger partial charge is 0.351 e. The first-order valence-electron chi connectivity index (χ1n) is 16.7. The minimum absolute atomic E-state index is 0.0501. The zero-order valence-corrected chi connectivity index (χ0v) is 26.7. The highest BCUT2D eigenvalue weighted by atomic mass is 19.1. The molecule has 240 valence electrons. The monoisotopic (exact) mass is 623 g/mol. The zero-order chi connectivity index (χ0) is 31.8. The molecule has 10 heteroatoms. The van der Waals surface area contributed by atoms with Crippen LogP contribution in [-0.4, -0.2) is 79.4 Å². The van der Waals surface area contributed by atoms with E-state index >= 15 is 0 Å². The van der Waals surface area contributed by atoms with E-state index in [-0.39, 0.29) is 28.5 Å². The molecule has 1 unspecified atom stereocenters. The van der Waals surface area contributed by atoms with Crippen molar-refractivity contribution in [1.82, 2.24) is 34.6 Å². The number of piperidine rings is 2. The zero-order valence-electron chi connectivity index (χ0n) is 26.7. The van der Waals surface area contributed by atoms with Gasteiger partial charge in [0.15, 0.2) is 11.4 Å². The molecule has 0 aliphatic carbocycles. The quantitative estimate of drug-likeness (QED) is 0.280. The standard InChI is InChI=1S/C36H42FN7O2/c1-3-38-34(45)32-33(40-17-16-39-32)35(46)42-18-13-36(14-19-42,25-7-6-8-26(37)21-25)15-20-43-27-11-12-28(43)23-29(22-27)44-24(2)41-30-9-4-5-10-31(30)44/h4-10,16-17,21,27-29H,3,11-15,18-20,22-23H2,1-2H3,(H,38,45)/t27-,28+,29?. The van der Waals surface area contributed by atoms with Gasteiger partial charge in [0.2, 0.25) is 0 Å². The number of aromatic nitrogens is 4. The number of fused-ring (bicyclic) bond motifs is 3. The van der Waals surface area contributed by atoms with Crippen LogP contribution in [0.2, 0.25) is 0 Å². The van der Waals surface area contributed by atoms with Gasteiger partial charge in [0.05, 0.1) is 11.0 Å². The molecule has 0 saturated carbocycles. The second-order valence-corrected chi connectivity index (χ2v) is 13.2. The van der Waals surface area contributed by atoms with Gasteiger partial charge in [0.1, 0.15) is 11.6 Å². The van der Waals surface area contributed by atoms with Crippen LogP contribution in [0.25, 0.3) is 11.0 Å². The Morgan fingerprint density at radius 1 is 0.957 bits per heavy atom. The van der Waals surface area contributed by atoms with Crippen molar-refractivity contribution in [3.63, 3.8) is 0 Å². The number of halogens is 1. The molecule has 1 N–H and O–H groups in total. The molecular weight excluding hydrogens is 581 g/mol. The molecule has 2 aromatic carbocycles. The summed E-state index contributed by atoms with van der Waals surface area (Å²) >= 11 is 0. The van der Waals surface area contributed by atoms with Crippen LogP contribution in [0.5, 0.6) is 0 Å². The number of nitrogens with one attached hydrogen (secondary N) is 1. The lowest BCUT2D eigenvalue weighted by atomic mass is 9.70. The van der Waals surface area contributed by atoms with E-state index in [1.54, 1.807) is 17.0 Å². The molecule has 2 bridgehead atoms. The second-order valence-electron chi connectivity index (χ2n) is 13.2. The fourth-order valence-electron chi connectivity index (χ4n) is 8.48. The summed E-state index contributed by atoms with van der Waals surface area (Å²) in [6.45, 7) is 6.33. The lowest BCUT2D eigenvalue weighted by Crippen LogP contribution is -2.49. The fraction of sp³-hybridized carbons (Fsp3) is 0.472. The number of imidazole rings is 1. The summed E-state index contributed by atoms with van der Waals surface area (Å²) in [5, 5.41) is 2.72. The molecule has 7 rings (SSSR count). The molecule has 0 spiro atoms. The molecule has 0 radical (unpaired) electrons. The van der Waals surface area contributed by atoms with Crippen LogP contribution in [-0.2, 0) is 5.41 Å². The second kappa shape index (κ2) is 12.5. The van der Waals surface area contributed by atoms with Gasteiger partial charge >= 0.3 is 0 Å². The van der Waals surface area contributed by atoms with Gasteiger partial charge in [-0.1, -0.05) is 24.3 Å². The number of hydrogen-bond donors (Lipinski definition) is 1. The molecule has 3 atom stereocenters. The van der Waals surface area contributed by atoms with Crippen LogP contribution >= 0.6 is 0 Å². The highest BCUT2D eigenvalue weighted by Crippen LogP contribution is 2.45. The number of rotatable bonds is 8. The fourth-order valence-corrected chi connectivity index (χ4v) is 8.48. The normalized spacial score (nSPS) is 22.7. The Bertz CT molecular complexity index is 1730. The first kappa shape index (κ1) is 30.5. The van der Waals surface area contributed by atoms with Gasteiger partial charge in [-0.15, -0.1) is 0 Å². The molecule has 3 aliphatic rings. The first-order chi connectivity index (χ1) is 22.4. The van der Waals surface area contributed by atoms with E-state index in [1.807, 2.05) is 13.0 Å². The summed E-state index contributed by atoms with van der Waals surface area (Å²) in [4.78, 5) is 44.0. The molecule has 5 heterocycles. The number of benzene rings is 2. The van der Waals surface area contributed by atoms with Crippen molar-refractivity contribution in [2.75, 3.05) is 26.2 Å². The highest BCUT2D eigenvalue weighted by molar-refractivity contribution is 6.04. The van der Waals surface area contributed by atoms with Gasteiger partial charge in [-0.3, -0.25) is 14.5 Å². The molecule has 3 saturated heterocycles. The van der Waals surface area contributed by atoms with Gasteiger partial charge in [-0.05, 0) is 101 Å². The number of likely N-dealkylation sites (tertiary alicyclic amines) is 1. The van der Waals surface area contributed by atoms with Gasteiger partial charge in [-0.2, -0.15) is 0 Å². The molecule has 2 aromatic heterocycles. The molecule has 9 nitrogen and oxygen atoms in total. The van der Waals surface area contributed by atoms with Gasteiger partial charge < -0.3 is 14.8 Å². The predicted molar refractivity (Wildman–Crippen MR) is 174 cm³/mol. The van der Waals surface area contributed by atoms with Crippen molar-refractivity contribution in [3.05, 3.63) is 89.5 Å². The minimum atomic E-state index is -0.403. The van der Waals surface area contributed by atoms with Crippen LogP contribution in [0.4, 0.5) is 4.39 Å². The number of para-hydroxylation sites is 2. The lowest BCUT2D eigenvalue weighted by molar-refractivity contribution is 0.0597. The van der Waals surface area contributed by atoms with Crippen LogP contribution in [0.15, 0.2) is 60.9 Å². The van der Waals surface area contributed by atoms with Crippen molar-refractivity contribution in [3.8, 4) is 0 Å². The third kappa shape index (κ3) is 5.57. The maximum atomic E-state index is 14.6. The number of hydrogen-bond acceptors (Lipinski definition) is 6. The molecule has 3 aliphatic heterocycles. The van der Waals surface area contributed by atoms with Gasteiger partial charge in [0, 0.05) is 50.2 Å².